The smallest absolute Gasteiger partial charge is 0.259 e. The molecule has 7 heteroatoms. The Balaban J connectivity index is 1.93. The summed E-state index contributed by atoms with van der Waals surface area (Å²) in [4.78, 5) is 26.3. The summed E-state index contributed by atoms with van der Waals surface area (Å²) in [6.07, 6.45) is 3.21. The van der Waals surface area contributed by atoms with Crippen molar-refractivity contribution >= 4 is 38.5 Å². The zero-order valence-electron chi connectivity index (χ0n) is 12.8. The highest BCUT2D eigenvalue weighted by Gasteiger charge is 2.22. The van der Waals surface area contributed by atoms with Crippen molar-refractivity contribution in [2.24, 2.45) is 16.6 Å². The number of hydrogen-bond acceptors (Lipinski definition) is 5. The molecule has 2 aromatic heterocycles. The second-order valence-corrected chi connectivity index (χ2v) is 7.73. The highest BCUT2D eigenvalue weighted by atomic mass is 32.2. The molecule has 0 fully saturated rings. The molecule has 5 nitrogen and oxygen atoms in total. The molecule has 1 aliphatic rings. The molecule has 0 aliphatic heterocycles. The third-order valence-electron chi connectivity index (χ3n) is 3.89. The number of aliphatic imine (C=N–C) groups is 1. The number of hydrogen-bond donors (Lipinski definition) is 2. The molecule has 0 saturated carbocycles. The molecule has 0 radical (unpaired) electrons. The van der Waals surface area contributed by atoms with Crippen molar-refractivity contribution in [3.05, 3.63) is 26.6 Å². The van der Waals surface area contributed by atoms with Gasteiger partial charge in [0.05, 0.1) is 11.1 Å². The summed E-state index contributed by atoms with van der Waals surface area (Å²) < 4.78 is 0. The van der Waals surface area contributed by atoms with E-state index in [2.05, 4.69) is 21.9 Å². The first kappa shape index (κ1) is 15.6. The predicted molar refractivity (Wildman–Crippen MR) is 94.9 cm³/mol. The Labute approximate surface area is 137 Å². The summed E-state index contributed by atoms with van der Waals surface area (Å²) in [5.41, 5.74) is 6.98. The van der Waals surface area contributed by atoms with Crippen LogP contribution in [0.3, 0.4) is 0 Å². The Morgan fingerprint density at radius 3 is 3.18 bits per heavy atom. The second kappa shape index (κ2) is 6.42. The summed E-state index contributed by atoms with van der Waals surface area (Å²) in [5.74, 6) is 1.91. The second-order valence-electron chi connectivity index (χ2n) is 5.65. The molecule has 0 amide bonds. The number of rotatable bonds is 3. The third kappa shape index (κ3) is 3.05. The third-order valence-corrected chi connectivity index (χ3v) is 5.88. The van der Waals surface area contributed by atoms with Crippen LogP contribution in [-0.2, 0) is 18.6 Å². The first-order valence-corrected chi connectivity index (χ1v) is 9.34. The minimum Gasteiger partial charge on any atom is -0.379 e. The molecule has 1 atom stereocenters. The number of H-pyrrole nitrogens is 1. The van der Waals surface area contributed by atoms with Gasteiger partial charge in [-0.05, 0) is 37.7 Å². The van der Waals surface area contributed by atoms with E-state index in [-0.39, 0.29) is 5.56 Å². The van der Waals surface area contributed by atoms with Crippen LogP contribution >= 0.6 is 23.1 Å². The number of amidine groups is 1. The van der Waals surface area contributed by atoms with Crippen molar-refractivity contribution < 1.29 is 0 Å². The van der Waals surface area contributed by atoms with Crippen molar-refractivity contribution in [3.63, 3.8) is 0 Å². The van der Waals surface area contributed by atoms with Crippen LogP contribution in [0.1, 0.15) is 36.5 Å². The monoisotopic (exact) mass is 336 g/mol. The molecule has 3 rings (SSSR count). The van der Waals surface area contributed by atoms with Gasteiger partial charge in [0.2, 0.25) is 0 Å². The maximum Gasteiger partial charge on any atom is 0.259 e. The Morgan fingerprint density at radius 2 is 2.41 bits per heavy atom. The van der Waals surface area contributed by atoms with Crippen LogP contribution in [0.25, 0.3) is 10.2 Å². The van der Waals surface area contributed by atoms with Crippen LogP contribution in [0.4, 0.5) is 0 Å². The quantitative estimate of drug-likeness (QED) is 0.667. The minimum absolute atomic E-state index is 0.0151. The van der Waals surface area contributed by atoms with Gasteiger partial charge >= 0.3 is 0 Å². The van der Waals surface area contributed by atoms with Crippen LogP contribution < -0.4 is 11.3 Å². The van der Waals surface area contributed by atoms with E-state index in [9.17, 15) is 4.79 Å². The standard InChI is InChI=1S/C15H20N4OS2/c1-3-17-15(16)21-7-11-18-13(20)12-9-5-4-8(2)6-10(9)22-14(12)19-11/h8H,3-7H2,1-2H3,(H2,16,17)(H,18,19,20)/t8-/m1/s1. The normalized spacial score (nSPS) is 18.6. The Kier molecular flexibility index (Phi) is 4.54. The fraction of sp³-hybridized carbons (Fsp3) is 0.533. The van der Waals surface area contributed by atoms with Gasteiger partial charge in [0.15, 0.2) is 5.17 Å². The summed E-state index contributed by atoms with van der Waals surface area (Å²) in [7, 11) is 0. The van der Waals surface area contributed by atoms with Crippen LogP contribution in [-0.4, -0.2) is 21.7 Å². The van der Waals surface area contributed by atoms with Gasteiger partial charge in [-0.1, -0.05) is 18.7 Å². The van der Waals surface area contributed by atoms with Crippen molar-refractivity contribution in [1.82, 2.24) is 9.97 Å². The molecular formula is C15H20N4OS2. The molecular weight excluding hydrogens is 316 g/mol. The van der Waals surface area contributed by atoms with Crippen LogP contribution in [0, 0.1) is 5.92 Å². The molecule has 118 valence electrons. The molecule has 2 aromatic rings. The number of nitrogens with two attached hydrogens (primary N) is 1. The van der Waals surface area contributed by atoms with Gasteiger partial charge in [-0.3, -0.25) is 9.79 Å². The first-order valence-electron chi connectivity index (χ1n) is 7.54. The number of thiophene rings is 1. The van der Waals surface area contributed by atoms with E-state index in [1.54, 1.807) is 11.3 Å². The number of nitrogens with zero attached hydrogens (tertiary/aromatic N) is 2. The SMILES string of the molecule is CCN=C(N)SCc1nc2sc3c(c2c(=O)[nH]1)CC[C@@H](C)C3. The van der Waals surface area contributed by atoms with Gasteiger partial charge in [-0.2, -0.15) is 0 Å². The van der Waals surface area contributed by atoms with Crippen molar-refractivity contribution in [1.29, 1.82) is 0 Å². The number of aromatic amines is 1. The summed E-state index contributed by atoms with van der Waals surface area (Å²) >= 11 is 3.08. The lowest BCUT2D eigenvalue weighted by atomic mass is 9.89. The number of fused-ring (bicyclic) bond motifs is 3. The average Bonchev–Trinajstić information content (AvgIpc) is 2.83. The van der Waals surface area contributed by atoms with Gasteiger partial charge < -0.3 is 10.7 Å². The molecule has 1 aliphatic carbocycles. The van der Waals surface area contributed by atoms with Crippen LogP contribution in [0.5, 0.6) is 0 Å². The Bertz CT molecular complexity index is 778. The molecule has 0 bridgehead atoms. The van der Waals surface area contributed by atoms with E-state index in [1.807, 2.05) is 6.92 Å². The molecule has 3 N–H and O–H groups in total. The number of nitrogens with one attached hydrogen (secondary N) is 1. The first-order chi connectivity index (χ1) is 10.6. The molecule has 0 spiro atoms. The lowest BCUT2D eigenvalue weighted by Crippen LogP contribution is -2.15. The van der Waals surface area contributed by atoms with E-state index < -0.39 is 0 Å². The maximum absolute atomic E-state index is 12.4. The highest BCUT2D eigenvalue weighted by molar-refractivity contribution is 8.13. The molecule has 22 heavy (non-hydrogen) atoms. The Morgan fingerprint density at radius 1 is 1.59 bits per heavy atom. The Hall–Kier alpha value is -1.34. The fourth-order valence-corrected chi connectivity index (χ4v) is 4.85. The maximum atomic E-state index is 12.4. The zero-order chi connectivity index (χ0) is 15.7. The summed E-state index contributed by atoms with van der Waals surface area (Å²) in [6, 6.07) is 0. The van der Waals surface area contributed by atoms with Crippen LogP contribution in [0.15, 0.2) is 9.79 Å². The molecule has 0 unspecified atom stereocenters. The van der Waals surface area contributed by atoms with Gasteiger partial charge in [0.25, 0.3) is 5.56 Å². The highest BCUT2D eigenvalue weighted by Crippen LogP contribution is 2.35. The number of aryl methyl sites for hydroxylation is 1. The van der Waals surface area contributed by atoms with Gasteiger partial charge in [-0.25, -0.2) is 4.98 Å². The molecule has 0 saturated heterocycles. The van der Waals surface area contributed by atoms with Crippen molar-refractivity contribution in [2.75, 3.05) is 6.54 Å². The average molecular weight is 336 g/mol. The number of aromatic nitrogens is 2. The molecule has 0 aromatic carbocycles. The van der Waals surface area contributed by atoms with Gasteiger partial charge in [-0.15, -0.1) is 11.3 Å². The topological polar surface area (TPSA) is 84.1 Å². The predicted octanol–water partition coefficient (Wildman–Crippen LogP) is 2.68. The van der Waals surface area contributed by atoms with Gasteiger partial charge in [0.1, 0.15) is 10.7 Å². The molecule has 2 heterocycles. The summed E-state index contributed by atoms with van der Waals surface area (Å²) in [5, 5.41) is 1.33. The lowest BCUT2D eigenvalue weighted by Gasteiger charge is -2.17. The van der Waals surface area contributed by atoms with E-state index in [4.69, 9.17) is 5.73 Å². The van der Waals surface area contributed by atoms with E-state index in [1.165, 1.54) is 22.2 Å². The van der Waals surface area contributed by atoms with Crippen molar-refractivity contribution in [3.8, 4) is 0 Å². The fourth-order valence-electron chi connectivity index (χ4n) is 2.81. The lowest BCUT2D eigenvalue weighted by molar-refractivity contribution is 0.509. The largest absolute Gasteiger partial charge is 0.379 e. The number of thioether (sulfide) groups is 1. The van der Waals surface area contributed by atoms with Gasteiger partial charge in [0, 0.05) is 11.4 Å². The van der Waals surface area contributed by atoms with Crippen molar-refractivity contribution in [2.45, 2.75) is 38.9 Å². The van der Waals surface area contributed by atoms with E-state index in [0.717, 1.165) is 29.5 Å². The van der Waals surface area contributed by atoms with E-state index in [0.29, 0.717) is 29.2 Å². The van der Waals surface area contributed by atoms with E-state index >= 15 is 0 Å². The zero-order valence-corrected chi connectivity index (χ0v) is 14.4. The van der Waals surface area contributed by atoms with Crippen LogP contribution in [0.2, 0.25) is 0 Å². The minimum atomic E-state index is -0.0151. The summed E-state index contributed by atoms with van der Waals surface area (Å²) in [6.45, 7) is 4.87.